The first kappa shape index (κ1) is 32.7. The maximum Gasteiger partial charge on any atom is 0.459 e. The molecule has 4 atom stereocenters. The molecule has 3 aromatic rings. The Kier molecular flexibility index (Phi) is 11.0. The number of benzene rings is 2. The van der Waals surface area contributed by atoms with Crippen LogP contribution in [0, 0.1) is 5.92 Å². The van der Waals surface area contributed by atoms with Gasteiger partial charge in [0, 0.05) is 23.5 Å². The number of para-hydroxylation sites is 2. The third-order valence-corrected chi connectivity index (χ3v) is 8.36. The maximum atomic E-state index is 14.2. The van der Waals surface area contributed by atoms with Gasteiger partial charge in [0.25, 0.3) is 0 Å². The molecule has 1 fully saturated rings. The van der Waals surface area contributed by atoms with Gasteiger partial charge in [-0.05, 0) is 56.9 Å². The van der Waals surface area contributed by atoms with Crippen LogP contribution in [0.3, 0.4) is 0 Å². The third kappa shape index (κ3) is 9.39. The Balaban J connectivity index is 1.55. The minimum absolute atomic E-state index is 0.0236. The fourth-order valence-electron chi connectivity index (χ4n) is 4.85. The van der Waals surface area contributed by atoms with E-state index in [1.807, 2.05) is 44.3 Å². The number of H-pyrrole nitrogens is 1. The van der Waals surface area contributed by atoms with Gasteiger partial charge >= 0.3 is 13.7 Å². The summed E-state index contributed by atoms with van der Waals surface area (Å²) in [7, 11) is -4.14. The number of nitrogens with one attached hydrogen (secondary N) is 3. The van der Waals surface area contributed by atoms with Crippen LogP contribution >= 0.6 is 7.75 Å². The maximum absolute atomic E-state index is 14.2. The number of esters is 1. The Morgan fingerprint density at radius 3 is 2.49 bits per heavy atom. The number of rotatable bonds is 15. The van der Waals surface area contributed by atoms with E-state index >= 15 is 0 Å². The molecule has 2 heterocycles. The first-order valence-corrected chi connectivity index (χ1v) is 16.1. The van der Waals surface area contributed by atoms with Crippen molar-refractivity contribution in [2.75, 3.05) is 19.8 Å². The average Bonchev–Trinajstić information content (AvgIpc) is 3.53. The van der Waals surface area contributed by atoms with Crippen molar-refractivity contribution in [3.8, 4) is 5.75 Å². The van der Waals surface area contributed by atoms with E-state index < -0.39 is 43.6 Å². The highest BCUT2D eigenvalue weighted by Gasteiger charge is 2.39. The summed E-state index contributed by atoms with van der Waals surface area (Å²) < 4.78 is 42.6. The molecule has 234 valence electrons. The number of aromatic amines is 1. The number of hydrogen-bond donors (Lipinski definition) is 3. The van der Waals surface area contributed by atoms with Crippen molar-refractivity contribution in [3.63, 3.8) is 0 Å². The molecule has 0 radical (unpaired) electrons. The van der Waals surface area contributed by atoms with Crippen LogP contribution in [0.25, 0.3) is 10.9 Å². The van der Waals surface area contributed by atoms with E-state index in [1.165, 1.54) is 0 Å². The molecule has 1 aliphatic heterocycles. The zero-order chi connectivity index (χ0) is 31.0. The van der Waals surface area contributed by atoms with Crippen molar-refractivity contribution in [3.05, 3.63) is 66.4 Å². The van der Waals surface area contributed by atoms with E-state index in [2.05, 4.69) is 15.4 Å². The standard InChI is InChI=1S/C31H42N3O8P/c1-6-38-30(36)28(17-22-18-32-26-15-11-10-14-25(22)26)33-29(35)27(16-21(2)3)34-43(37,42-23-12-8-7-9-13-23)40-20-24-19-39-31(4,5)41-24/h7-15,18,21,24,27-28,32H,6,16-17,19-20H2,1-5H3,(H,33,35)(H,34,37)/t24-,27-,28?,43?/m0/s1. The number of ether oxygens (including phenoxy) is 3. The van der Waals surface area contributed by atoms with Crippen LogP contribution in [0.5, 0.6) is 5.75 Å². The molecule has 1 amide bonds. The van der Waals surface area contributed by atoms with Crippen LogP contribution in [0.2, 0.25) is 0 Å². The summed E-state index contributed by atoms with van der Waals surface area (Å²) >= 11 is 0. The van der Waals surface area contributed by atoms with E-state index in [4.69, 9.17) is 23.3 Å². The summed E-state index contributed by atoms with van der Waals surface area (Å²) in [6, 6.07) is 14.3. The number of aromatic nitrogens is 1. The zero-order valence-electron chi connectivity index (χ0n) is 25.3. The van der Waals surface area contributed by atoms with Gasteiger partial charge in [-0.25, -0.2) is 9.36 Å². The predicted octanol–water partition coefficient (Wildman–Crippen LogP) is 5.12. The Bertz CT molecular complexity index is 1410. The molecule has 0 bridgehead atoms. The van der Waals surface area contributed by atoms with E-state index in [9.17, 15) is 14.2 Å². The molecule has 4 rings (SSSR count). The van der Waals surface area contributed by atoms with Crippen molar-refractivity contribution in [1.29, 1.82) is 0 Å². The molecule has 0 aliphatic carbocycles. The van der Waals surface area contributed by atoms with Crippen LogP contribution in [-0.4, -0.2) is 60.7 Å². The Hall–Kier alpha value is -3.21. The molecule has 1 aromatic heterocycles. The molecule has 1 saturated heterocycles. The van der Waals surface area contributed by atoms with Crippen LogP contribution in [-0.2, 0) is 39.3 Å². The number of carbonyl (C=O) groups is 2. The molecule has 12 heteroatoms. The zero-order valence-corrected chi connectivity index (χ0v) is 26.2. The van der Waals surface area contributed by atoms with E-state index in [0.717, 1.165) is 16.5 Å². The number of carbonyl (C=O) groups excluding carboxylic acids is 2. The van der Waals surface area contributed by atoms with Gasteiger partial charge in [-0.3, -0.25) is 9.32 Å². The lowest BCUT2D eigenvalue weighted by molar-refractivity contribution is -0.147. The van der Waals surface area contributed by atoms with Gasteiger partial charge in [0.15, 0.2) is 5.79 Å². The minimum atomic E-state index is -4.14. The lowest BCUT2D eigenvalue weighted by Gasteiger charge is -2.28. The summed E-state index contributed by atoms with van der Waals surface area (Å²) in [5.74, 6) is -1.57. The molecular weight excluding hydrogens is 573 g/mol. The summed E-state index contributed by atoms with van der Waals surface area (Å²) in [6.07, 6.45) is 1.83. The normalized spacial score (nSPS) is 19.1. The SMILES string of the molecule is CCOC(=O)C(Cc1c[nH]c2ccccc12)NC(=O)[C@H](CC(C)C)NP(=O)(OC[C@@H]1COC(C)(C)O1)Oc1ccccc1. The molecule has 3 N–H and O–H groups in total. The molecule has 2 unspecified atom stereocenters. The van der Waals surface area contributed by atoms with Crippen molar-refractivity contribution < 1.29 is 37.4 Å². The largest absolute Gasteiger partial charge is 0.464 e. The number of hydrogen-bond acceptors (Lipinski definition) is 8. The van der Waals surface area contributed by atoms with Crippen molar-refractivity contribution >= 4 is 30.5 Å². The monoisotopic (exact) mass is 615 g/mol. The second-order valence-corrected chi connectivity index (χ2v) is 13.0. The molecule has 43 heavy (non-hydrogen) atoms. The highest BCUT2D eigenvalue weighted by atomic mass is 31.2. The van der Waals surface area contributed by atoms with Crippen LogP contribution in [0.15, 0.2) is 60.8 Å². The minimum Gasteiger partial charge on any atom is -0.464 e. The summed E-state index contributed by atoms with van der Waals surface area (Å²) in [4.78, 5) is 30.0. The topological polar surface area (TPSA) is 137 Å². The Morgan fingerprint density at radius 2 is 1.81 bits per heavy atom. The number of fused-ring (bicyclic) bond motifs is 1. The second kappa shape index (κ2) is 14.5. The second-order valence-electron chi connectivity index (χ2n) is 11.3. The first-order valence-electron chi connectivity index (χ1n) is 14.6. The highest BCUT2D eigenvalue weighted by Crippen LogP contribution is 2.46. The quantitative estimate of drug-likeness (QED) is 0.157. The molecule has 1 aliphatic rings. The van der Waals surface area contributed by atoms with E-state index in [0.29, 0.717) is 5.75 Å². The highest BCUT2D eigenvalue weighted by molar-refractivity contribution is 7.52. The average molecular weight is 616 g/mol. The lowest BCUT2D eigenvalue weighted by Crippen LogP contribution is -2.51. The molecule has 11 nitrogen and oxygen atoms in total. The lowest BCUT2D eigenvalue weighted by atomic mass is 10.0. The van der Waals surface area contributed by atoms with Crippen LogP contribution in [0.1, 0.15) is 46.6 Å². The fraction of sp³-hybridized carbons (Fsp3) is 0.484. The molecule has 0 saturated carbocycles. The van der Waals surface area contributed by atoms with E-state index in [1.54, 1.807) is 51.1 Å². The van der Waals surface area contributed by atoms with Gasteiger partial charge in [0.2, 0.25) is 5.91 Å². The van der Waals surface area contributed by atoms with Crippen LogP contribution < -0.4 is 14.9 Å². The van der Waals surface area contributed by atoms with Gasteiger partial charge in [-0.1, -0.05) is 50.2 Å². The number of amides is 1. The third-order valence-electron chi connectivity index (χ3n) is 6.79. The molecule has 2 aromatic carbocycles. The van der Waals surface area contributed by atoms with Gasteiger partial charge in [0.1, 0.15) is 17.9 Å². The van der Waals surface area contributed by atoms with Crippen LogP contribution in [0.4, 0.5) is 0 Å². The Morgan fingerprint density at radius 1 is 1.09 bits per heavy atom. The Labute approximate surface area is 252 Å². The smallest absolute Gasteiger partial charge is 0.459 e. The van der Waals surface area contributed by atoms with Gasteiger partial charge in [0.05, 0.1) is 25.9 Å². The first-order chi connectivity index (χ1) is 20.5. The summed E-state index contributed by atoms with van der Waals surface area (Å²) in [6.45, 7) is 9.46. The van der Waals surface area contributed by atoms with Gasteiger partial charge in [-0.2, -0.15) is 5.09 Å². The molecule has 0 spiro atoms. The van der Waals surface area contributed by atoms with Crippen molar-refractivity contribution in [2.45, 2.75) is 71.4 Å². The van der Waals surface area contributed by atoms with Crippen molar-refractivity contribution in [1.82, 2.24) is 15.4 Å². The molecular formula is C31H42N3O8P. The van der Waals surface area contributed by atoms with Gasteiger partial charge < -0.3 is 29.0 Å². The van der Waals surface area contributed by atoms with Gasteiger partial charge in [-0.15, -0.1) is 0 Å². The summed E-state index contributed by atoms with van der Waals surface area (Å²) in [5.41, 5.74) is 1.77. The van der Waals surface area contributed by atoms with E-state index in [-0.39, 0.29) is 38.6 Å². The fourth-order valence-corrected chi connectivity index (χ4v) is 6.39. The summed E-state index contributed by atoms with van der Waals surface area (Å²) in [5, 5.41) is 6.64. The predicted molar refractivity (Wildman–Crippen MR) is 162 cm³/mol. The van der Waals surface area contributed by atoms with Crippen molar-refractivity contribution in [2.24, 2.45) is 5.92 Å².